The lowest BCUT2D eigenvalue weighted by atomic mass is 10.3. The molecule has 2 heterocycles. The molecule has 6 nitrogen and oxygen atoms in total. The average Bonchev–Trinajstić information content (AvgIpc) is 2.74. The maximum absolute atomic E-state index is 11.8. The fraction of sp³-hybridized carbons (Fsp3) is 0.556. The first-order chi connectivity index (χ1) is 7.08. The molecule has 2 rings (SSSR count). The Bertz CT molecular complexity index is 366. The highest BCUT2D eigenvalue weighted by molar-refractivity contribution is 5.92. The summed E-state index contributed by atoms with van der Waals surface area (Å²) >= 11 is 0. The van der Waals surface area contributed by atoms with Crippen LogP contribution in [0.1, 0.15) is 10.5 Å². The summed E-state index contributed by atoms with van der Waals surface area (Å²) in [4.78, 5) is 13.2. The van der Waals surface area contributed by atoms with Crippen molar-refractivity contribution in [2.75, 3.05) is 13.1 Å². The van der Waals surface area contributed by atoms with Gasteiger partial charge in [0.1, 0.15) is 5.69 Å². The van der Waals surface area contributed by atoms with Gasteiger partial charge in [0.05, 0.1) is 12.2 Å². The minimum Gasteiger partial charge on any atom is -0.388 e. The Labute approximate surface area is 86.7 Å². The zero-order chi connectivity index (χ0) is 11.0. The lowest BCUT2D eigenvalue weighted by Crippen LogP contribution is -2.30. The molecular formula is C9H13N3O3. The Balaban J connectivity index is 2.10. The zero-order valence-electron chi connectivity index (χ0n) is 8.37. The molecule has 6 heteroatoms. The van der Waals surface area contributed by atoms with Gasteiger partial charge in [-0.25, -0.2) is 0 Å². The molecule has 0 unspecified atom stereocenters. The zero-order valence-corrected chi connectivity index (χ0v) is 8.37. The molecule has 0 bridgehead atoms. The monoisotopic (exact) mass is 211 g/mol. The molecule has 0 spiro atoms. The van der Waals surface area contributed by atoms with E-state index in [2.05, 4.69) is 5.10 Å². The van der Waals surface area contributed by atoms with E-state index in [4.69, 9.17) is 0 Å². The number of aromatic nitrogens is 2. The fourth-order valence-electron chi connectivity index (χ4n) is 1.63. The van der Waals surface area contributed by atoms with Crippen LogP contribution in [0.4, 0.5) is 0 Å². The van der Waals surface area contributed by atoms with Crippen molar-refractivity contribution in [2.24, 2.45) is 7.05 Å². The van der Waals surface area contributed by atoms with Crippen molar-refractivity contribution in [1.29, 1.82) is 0 Å². The van der Waals surface area contributed by atoms with Crippen molar-refractivity contribution in [3.63, 3.8) is 0 Å². The maximum Gasteiger partial charge on any atom is 0.274 e. The molecular weight excluding hydrogens is 198 g/mol. The molecule has 1 saturated heterocycles. The Morgan fingerprint density at radius 3 is 2.53 bits per heavy atom. The van der Waals surface area contributed by atoms with Crippen molar-refractivity contribution in [2.45, 2.75) is 12.2 Å². The number of carbonyl (C=O) groups is 1. The van der Waals surface area contributed by atoms with Gasteiger partial charge in [0.25, 0.3) is 5.91 Å². The van der Waals surface area contributed by atoms with Gasteiger partial charge >= 0.3 is 0 Å². The highest BCUT2D eigenvalue weighted by Crippen LogP contribution is 2.12. The van der Waals surface area contributed by atoms with Gasteiger partial charge in [-0.05, 0) is 6.07 Å². The largest absolute Gasteiger partial charge is 0.388 e. The van der Waals surface area contributed by atoms with Crippen LogP contribution >= 0.6 is 0 Å². The summed E-state index contributed by atoms with van der Waals surface area (Å²) in [6.07, 6.45) is -0.0220. The van der Waals surface area contributed by atoms with Gasteiger partial charge in [-0.1, -0.05) is 0 Å². The fourth-order valence-corrected chi connectivity index (χ4v) is 1.63. The highest BCUT2D eigenvalue weighted by Gasteiger charge is 2.33. The molecule has 0 aromatic carbocycles. The normalized spacial score (nSPS) is 25.9. The summed E-state index contributed by atoms with van der Waals surface area (Å²) in [6, 6.07) is 1.61. The molecule has 0 saturated carbocycles. The minimum absolute atomic E-state index is 0.163. The quantitative estimate of drug-likeness (QED) is 0.598. The summed E-state index contributed by atoms with van der Waals surface area (Å²) in [7, 11) is 1.73. The van der Waals surface area contributed by atoms with Crippen molar-refractivity contribution >= 4 is 5.91 Å². The van der Waals surface area contributed by atoms with Gasteiger partial charge in [-0.2, -0.15) is 5.10 Å². The van der Waals surface area contributed by atoms with E-state index < -0.39 is 12.2 Å². The van der Waals surface area contributed by atoms with Gasteiger partial charge in [0, 0.05) is 26.3 Å². The Kier molecular flexibility index (Phi) is 2.45. The third-order valence-electron chi connectivity index (χ3n) is 2.48. The van der Waals surface area contributed by atoms with Gasteiger partial charge < -0.3 is 15.1 Å². The molecule has 2 atom stereocenters. The van der Waals surface area contributed by atoms with Crippen LogP contribution < -0.4 is 0 Å². The van der Waals surface area contributed by atoms with Gasteiger partial charge in [0.2, 0.25) is 0 Å². The van der Waals surface area contributed by atoms with Gasteiger partial charge in [-0.15, -0.1) is 0 Å². The summed E-state index contributed by atoms with van der Waals surface area (Å²) in [5.74, 6) is -0.258. The number of β-amino-alcohol motifs (C(OH)–C–C–N with tert-alkyl or cyclic N) is 2. The second-order valence-corrected chi connectivity index (χ2v) is 3.72. The first-order valence-corrected chi connectivity index (χ1v) is 4.73. The van der Waals surface area contributed by atoms with Crippen LogP contribution in [0.2, 0.25) is 0 Å². The van der Waals surface area contributed by atoms with Crippen LogP contribution in [0.25, 0.3) is 0 Å². The number of amides is 1. The van der Waals surface area contributed by atoms with Crippen LogP contribution in [0.5, 0.6) is 0 Å². The van der Waals surface area contributed by atoms with Crippen molar-refractivity contribution in [3.8, 4) is 0 Å². The van der Waals surface area contributed by atoms with Crippen LogP contribution in [0, 0.1) is 0 Å². The third kappa shape index (κ3) is 1.86. The topological polar surface area (TPSA) is 78.6 Å². The van der Waals surface area contributed by atoms with Crippen molar-refractivity contribution < 1.29 is 15.0 Å². The molecule has 0 radical (unpaired) electrons. The molecule has 1 aliphatic heterocycles. The Morgan fingerprint density at radius 1 is 1.47 bits per heavy atom. The lowest BCUT2D eigenvalue weighted by molar-refractivity contribution is 0.0572. The summed E-state index contributed by atoms with van der Waals surface area (Å²) in [6.45, 7) is 0.327. The van der Waals surface area contributed by atoms with Crippen molar-refractivity contribution in [1.82, 2.24) is 14.7 Å². The molecule has 1 aromatic rings. The maximum atomic E-state index is 11.8. The average molecular weight is 211 g/mol. The predicted molar refractivity (Wildman–Crippen MR) is 51.1 cm³/mol. The molecule has 15 heavy (non-hydrogen) atoms. The number of rotatable bonds is 1. The third-order valence-corrected chi connectivity index (χ3v) is 2.48. The Hall–Kier alpha value is -1.40. The number of hydrogen-bond acceptors (Lipinski definition) is 4. The number of nitrogens with zero attached hydrogens (tertiary/aromatic N) is 3. The second kappa shape index (κ2) is 3.63. The van der Waals surface area contributed by atoms with E-state index in [0.29, 0.717) is 5.69 Å². The number of aryl methyl sites for hydroxylation is 1. The number of aliphatic hydroxyl groups is 2. The second-order valence-electron chi connectivity index (χ2n) is 3.72. The number of carbonyl (C=O) groups excluding carboxylic acids is 1. The molecule has 1 amide bonds. The minimum atomic E-state index is -0.849. The summed E-state index contributed by atoms with van der Waals surface area (Å²) < 4.78 is 1.54. The molecule has 82 valence electrons. The first kappa shape index (κ1) is 10.1. The van der Waals surface area contributed by atoms with Crippen LogP contribution in [0.15, 0.2) is 12.3 Å². The summed E-state index contributed by atoms with van der Waals surface area (Å²) in [5.41, 5.74) is 0.332. The predicted octanol–water partition coefficient (Wildman–Crippen LogP) is -1.40. The van der Waals surface area contributed by atoms with Crippen LogP contribution in [0.3, 0.4) is 0 Å². The number of aliphatic hydroxyl groups excluding tert-OH is 2. The highest BCUT2D eigenvalue weighted by atomic mass is 16.3. The number of hydrogen-bond donors (Lipinski definition) is 2. The first-order valence-electron chi connectivity index (χ1n) is 4.73. The SMILES string of the molecule is Cn1ccc(C(=O)N2C[C@@H](O)[C@@H](O)C2)n1. The Morgan fingerprint density at radius 2 is 2.07 bits per heavy atom. The van der Waals surface area contributed by atoms with E-state index in [1.54, 1.807) is 19.3 Å². The van der Waals surface area contributed by atoms with E-state index >= 15 is 0 Å². The number of likely N-dealkylation sites (tertiary alicyclic amines) is 1. The van der Waals surface area contributed by atoms with E-state index in [-0.39, 0.29) is 19.0 Å². The summed E-state index contributed by atoms with van der Waals surface area (Å²) in [5, 5.41) is 22.6. The van der Waals surface area contributed by atoms with Crippen molar-refractivity contribution in [3.05, 3.63) is 18.0 Å². The van der Waals surface area contributed by atoms with Gasteiger partial charge in [-0.3, -0.25) is 9.48 Å². The molecule has 1 aromatic heterocycles. The van der Waals surface area contributed by atoms with E-state index in [9.17, 15) is 15.0 Å². The van der Waals surface area contributed by atoms with Crippen LogP contribution in [-0.2, 0) is 7.05 Å². The van der Waals surface area contributed by atoms with Crippen LogP contribution in [-0.4, -0.2) is 56.1 Å². The lowest BCUT2D eigenvalue weighted by Gasteiger charge is -2.12. The smallest absolute Gasteiger partial charge is 0.274 e. The molecule has 1 aliphatic rings. The molecule has 0 aliphatic carbocycles. The van der Waals surface area contributed by atoms with E-state index in [1.165, 1.54) is 9.58 Å². The standard InChI is InChI=1S/C9H13N3O3/c1-11-3-2-6(10-11)9(15)12-4-7(13)8(14)5-12/h2-3,7-8,13-14H,4-5H2,1H3/t7-,8+. The van der Waals surface area contributed by atoms with Gasteiger partial charge in [0.15, 0.2) is 0 Å². The van der Waals surface area contributed by atoms with E-state index in [1.807, 2.05) is 0 Å². The molecule has 1 fully saturated rings. The van der Waals surface area contributed by atoms with E-state index in [0.717, 1.165) is 0 Å². The molecule has 2 N–H and O–H groups in total.